The minimum Gasteiger partial charge on any atom is -0.469 e. The fourth-order valence-corrected chi connectivity index (χ4v) is 34.3. The van der Waals surface area contributed by atoms with Gasteiger partial charge in [-0.15, -0.1) is 0 Å². The molecule has 13 heteroatoms. The molecule has 97 heavy (non-hydrogen) atoms. The van der Waals surface area contributed by atoms with Gasteiger partial charge in [0.25, 0.3) is 0 Å². The first-order valence-corrected chi connectivity index (χ1v) is 39.7. The molecule has 5 saturated heterocycles. The molecule has 9 spiro atoms. The van der Waals surface area contributed by atoms with Crippen molar-refractivity contribution in [3.8, 4) is 11.8 Å². The minimum absolute atomic E-state index is 0.0281. The van der Waals surface area contributed by atoms with E-state index in [1.165, 1.54) is 43.2 Å². The van der Waals surface area contributed by atoms with Crippen molar-refractivity contribution in [2.75, 3.05) is 26.4 Å². The van der Waals surface area contributed by atoms with Gasteiger partial charge in [0.2, 0.25) is 0 Å². The number of benzene rings is 1. The molecule has 23 rings (SSSR count). The monoisotopic (exact) mass is 1310 g/mol. The van der Waals surface area contributed by atoms with Gasteiger partial charge in [-0.05, 0) is 245 Å². The van der Waals surface area contributed by atoms with Crippen LogP contribution < -0.4 is 5.32 Å². The number of ether oxygens (including phenoxy) is 4. The van der Waals surface area contributed by atoms with E-state index < -0.39 is 97.4 Å². The number of hydrogen-bond donors (Lipinski definition) is 4. The van der Waals surface area contributed by atoms with Gasteiger partial charge >= 0.3 is 11.9 Å². The third kappa shape index (κ3) is 6.03. The standard InChI is InChI=1S/C84H100N2O11/c1-74-40-59-60-22-23-65-75(27-8-9-28-75)31-32-76(65)54-25-30-79-73(92)94-44-77-68(59)80(70(90)67(89)69(77)78(52-12-6-3-7-13-52)29-24-55(83(77,79)97-78)38-56(37-54)81(60,76)79)61-35-47(34-46-10-4-2-5-11-46)14-15-48(61)16-19-53-20-17-51-43-93-64(66(51)82(53,74)96-72(91)71-84(74,80)95-71)39-58(63(88)42-87)49-18-21-57-50(36-49)26-33-86-45-85-41-62(57)86/h2,4-5,10-11,24-26,30,33,43,47-50,52-54,56-63,65,68-71,85,87-88,90H,3,6-9,12-15,17-18,20-23,27-29,31-32,34-42,44-45H2,1H3/t47-,48+,49-,50-,53-,54-,56-,57+,58+,59+,60+,61+,62-,63-,65+,68-,69+,70-,71-,74+,76+,77-,78-,79-,80+,81-,82+,83-,84-/m1/s1. The highest BCUT2D eigenvalue weighted by atomic mass is 16.7. The topological polar surface area (TPSA) is 181 Å². The second kappa shape index (κ2) is 19.0. The Labute approximate surface area is 571 Å². The molecule has 2 aromatic rings. The predicted octanol–water partition coefficient (Wildman–Crippen LogP) is 11.4. The van der Waals surface area contributed by atoms with Crippen LogP contribution in [0.25, 0.3) is 0 Å². The summed E-state index contributed by atoms with van der Waals surface area (Å²) in [5.74, 6) is 7.39. The first kappa shape index (κ1) is 59.0. The molecule has 10 bridgehead atoms. The number of aliphatic hydroxyl groups excluding tert-OH is 3. The fraction of sp³-hybridized carbons (Fsp3) is 0.750. The van der Waals surface area contributed by atoms with Crippen molar-refractivity contribution in [1.29, 1.82) is 0 Å². The molecule has 4 N–H and O–H groups in total. The lowest BCUT2D eigenvalue weighted by Gasteiger charge is -2.75. The summed E-state index contributed by atoms with van der Waals surface area (Å²) >= 11 is 0. The number of esters is 2. The summed E-state index contributed by atoms with van der Waals surface area (Å²) in [6.45, 7) is 3.94. The number of cyclic esters (lactones) is 1. The van der Waals surface area contributed by atoms with Gasteiger partial charge in [-0.2, -0.15) is 0 Å². The van der Waals surface area contributed by atoms with Gasteiger partial charge in [-0.1, -0.05) is 106 Å². The Morgan fingerprint density at radius 3 is 2.58 bits per heavy atom. The van der Waals surface area contributed by atoms with E-state index in [4.69, 9.17) is 23.4 Å². The highest BCUT2D eigenvalue weighted by Gasteiger charge is 3.04. The molecular formula is C84H100N2O11. The van der Waals surface area contributed by atoms with E-state index in [0.29, 0.717) is 68.1 Å². The van der Waals surface area contributed by atoms with Crippen LogP contribution in [0.15, 0.2) is 77.1 Å². The maximum atomic E-state index is 18.4. The Balaban J connectivity index is 0.804. The molecule has 1 aromatic carbocycles. The number of epoxide rings is 1. The third-order valence-corrected chi connectivity index (χ3v) is 36.1. The van der Waals surface area contributed by atoms with Crippen LogP contribution in [0.2, 0.25) is 0 Å². The fourth-order valence-electron chi connectivity index (χ4n) is 34.3. The Kier molecular flexibility index (Phi) is 11.6. The Morgan fingerprint density at radius 2 is 1.72 bits per heavy atom. The van der Waals surface area contributed by atoms with Crippen molar-refractivity contribution < 1.29 is 53.1 Å². The number of carbonyl (C=O) groups is 3. The average molecular weight is 1310 g/mol. The summed E-state index contributed by atoms with van der Waals surface area (Å²) in [6.07, 6.45) is 35.9. The smallest absolute Gasteiger partial charge is 0.339 e. The number of allylic oxidation sites excluding steroid dienone is 2. The van der Waals surface area contributed by atoms with Gasteiger partial charge in [-0.3, -0.25) is 14.9 Å². The van der Waals surface area contributed by atoms with Crippen molar-refractivity contribution in [1.82, 2.24) is 10.2 Å². The number of aryl methyl sites for hydroxylation is 1. The number of ketones is 1. The van der Waals surface area contributed by atoms with E-state index >= 15 is 19.5 Å². The number of rotatable bonds is 8. The Hall–Kier alpha value is -4.55. The largest absolute Gasteiger partial charge is 0.469 e. The van der Waals surface area contributed by atoms with E-state index in [-0.39, 0.29) is 89.1 Å². The molecule has 1 aromatic heterocycles. The summed E-state index contributed by atoms with van der Waals surface area (Å²) in [5, 5.41) is 43.0. The van der Waals surface area contributed by atoms with Crippen LogP contribution in [-0.4, -0.2) is 106 Å². The van der Waals surface area contributed by atoms with Crippen molar-refractivity contribution in [2.24, 2.45) is 133 Å². The highest BCUT2D eigenvalue weighted by Crippen LogP contribution is 2.99. The van der Waals surface area contributed by atoms with E-state index in [2.05, 4.69) is 89.8 Å². The molecule has 13 nitrogen and oxygen atoms in total. The van der Waals surface area contributed by atoms with Gasteiger partial charge in [0, 0.05) is 46.7 Å². The maximum absolute atomic E-state index is 18.4. The summed E-state index contributed by atoms with van der Waals surface area (Å²) in [6, 6.07) is 11.4. The lowest BCUT2D eigenvalue weighted by molar-refractivity contribution is -0.325. The molecule has 7 aliphatic heterocycles. The summed E-state index contributed by atoms with van der Waals surface area (Å²) < 4.78 is 39.9. The van der Waals surface area contributed by atoms with Gasteiger partial charge in [0.1, 0.15) is 35.1 Å². The molecule has 14 aliphatic carbocycles. The van der Waals surface area contributed by atoms with Crippen LogP contribution in [0.4, 0.5) is 0 Å². The lowest BCUT2D eigenvalue weighted by Crippen LogP contribution is -2.85. The van der Waals surface area contributed by atoms with E-state index in [1.807, 2.05) is 6.26 Å². The number of nitrogens with one attached hydrogen (secondary N) is 1. The molecule has 512 valence electrons. The molecule has 16 fully saturated rings. The maximum Gasteiger partial charge on any atom is 0.339 e. The number of hydrogen-bond acceptors (Lipinski definition) is 13. The average Bonchev–Trinajstić information content (AvgIpc) is 1.41. The Bertz CT molecular complexity index is 3960. The number of fused-ring (bicyclic) bond motifs is 9. The van der Waals surface area contributed by atoms with Crippen molar-refractivity contribution in [2.45, 2.75) is 227 Å². The zero-order chi connectivity index (χ0) is 64.6. The second-order valence-electron chi connectivity index (χ2n) is 37.6. The molecule has 11 saturated carbocycles. The SMILES string of the molecule is C[C@]12C[C@@H]3[C@@H]4[C@@]56COC(=O)[C@@]78C=C[C@@H]9C[C@H](CC%10=CC[C@](C%11CCCCC%11)(O[C@]%1057)[C@H]6C(=O)[C@@H](O)[C@]45[C@H]4C[C@@H](Cc6ccccc6)CC[C@H]4C#C[C@@H]4CCc6coc(C[C@@H]([C@@H]7CC[C@H]%10[C@H](C=CN%11CNC[C@H]%10%11)C7)[C@H](O)CO)c6[C@@]41OC(=O)[C@H]1O[C@@]152)[C@]81[C@H]3CC[C@H]2C3(CCCC3)CC[C@]921. The third-order valence-electron chi connectivity index (χ3n) is 36.1. The summed E-state index contributed by atoms with van der Waals surface area (Å²) in [7, 11) is 0. The van der Waals surface area contributed by atoms with Gasteiger partial charge in [0.15, 0.2) is 17.5 Å². The Morgan fingerprint density at radius 1 is 0.856 bits per heavy atom. The zero-order valence-corrected chi connectivity index (χ0v) is 56.9. The van der Waals surface area contributed by atoms with Gasteiger partial charge in [0.05, 0.1) is 48.5 Å². The summed E-state index contributed by atoms with van der Waals surface area (Å²) in [5.41, 5.74) is -6.38. The molecule has 0 radical (unpaired) electrons. The molecule has 0 unspecified atom stereocenters. The van der Waals surface area contributed by atoms with Crippen molar-refractivity contribution >= 4 is 17.7 Å². The van der Waals surface area contributed by atoms with Crippen LogP contribution in [0, 0.1) is 144 Å². The van der Waals surface area contributed by atoms with Crippen LogP contribution in [-0.2, 0) is 58.2 Å². The van der Waals surface area contributed by atoms with Gasteiger partial charge in [-0.25, -0.2) is 4.79 Å². The van der Waals surface area contributed by atoms with Crippen LogP contribution >= 0.6 is 0 Å². The van der Waals surface area contributed by atoms with E-state index in [9.17, 15) is 10.2 Å². The van der Waals surface area contributed by atoms with Crippen molar-refractivity contribution in [3.63, 3.8) is 0 Å². The minimum atomic E-state index is -1.56. The molecule has 0 amide bonds. The first-order valence-electron chi connectivity index (χ1n) is 39.7. The zero-order valence-electron chi connectivity index (χ0n) is 56.9. The van der Waals surface area contributed by atoms with Crippen LogP contribution in [0.5, 0.6) is 0 Å². The van der Waals surface area contributed by atoms with Crippen molar-refractivity contribution in [3.05, 3.63) is 95.1 Å². The number of aliphatic hydroxyl groups is 3. The van der Waals surface area contributed by atoms with Crippen LogP contribution in [0.3, 0.4) is 0 Å². The summed E-state index contributed by atoms with van der Waals surface area (Å²) in [4.78, 5) is 55.1. The number of Topliss-reactive ketones (excluding diaryl/α,β-unsaturated/α-hetero) is 1. The quantitative estimate of drug-likeness (QED) is 0.0849. The number of carbonyl (C=O) groups excluding carboxylic acids is 3. The molecular weight excluding hydrogens is 1210 g/mol. The van der Waals surface area contributed by atoms with Gasteiger partial charge < -0.3 is 43.6 Å². The normalized spacial score (nSPS) is 54.1. The number of nitrogens with zero attached hydrogens (tertiary/aromatic N) is 1. The van der Waals surface area contributed by atoms with Crippen LogP contribution in [0.1, 0.15) is 183 Å². The number of furan rings is 1. The highest BCUT2D eigenvalue weighted by molar-refractivity contribution is 5.96. The lowest BCUT2D eigenvalue weighted by atomic mass is 9.27. The predicted molar refractivity (Wildman–Crippen MR) is 355 cm³/mol. The molecule has 21 aliphatic rings. The second-order valence-corrected chi connectivity index (χ2v) is 37.6. The first-order chi connectivity index (χ1) is 47.2. The van der Waals surface area contributed by atoms with E-state index in [0.717, 1.165) is 127 Å². The molecule has 8 heterocycles. The van der Waals surface area contributed by atoms with E-state index in [1.54, 1.807) is 0 Å². The molecule has 29 atom stereocenters.